The summed E-state index contributed by atoms with van der Waals surface area (Å²) in [5.74, 6) is 0.228. The van der Waals surface area contributed by atoms with Gasteiger partial charge in [0.1, 0.15) is 5.82 Å². The van der Waals surface area contributed by atoms with Crippen molar-refractivity contribution in [3.63, 3.8) is 0 Å². The summed E-state index contributed by atoms with van der Waals surface area (Å²) in [6.45, 7) is 1.03. The van der Waals surface area contributed by atoms with Crippen LogP contribution in [0.25, 0.3) is 5.65 Å². The van der Waals surface area contributed by atoms with Crippen molar-refractivity contribution in [1.82, 2.24) is 19.5 Å². The van der Waals surface area contributed by atoms with Crippen LogP contribution < -0.4 is 0 Å². The summed E-state index contributed by atoms with van der Waals surface area (Å²) in [4.78, 5) is 15.1. The monoisotopic (exact) mass is 458 g/mol. The molecule has 1 unspecified atom stereocenters. The number of pyridine rings is 1. The highest BCUT2D eigenvalue weighted by atomic mass is 79.9. The van der Waals surface area contributed by atoms with Gasteiger partial charge < -0.3 is 4.90 Å². The molecule has 0 aliphatic carbocycles. The van der Waals surface area contributed by atoms with E-state index in [1.807, 2.05) is 6.07 Å². The van der Waals surface area contributed by atoms with E-state index in [-0.39, 0.29) is 11.8 Å². The highest BCUT2D eigenvalue weighted by molar-refractivity contribution is 9.11. The van der Waals surface area contributed by atoms with Gasteiger partial charge in [0.25, 0.3) is 5.91 Å². The Morgan fingerprint density at radius 1 is 1.22 bits per heavy atom. The molecule has 0 bridgehead atoms. The predicted molar refractivity (Wildman–Crippen MR) is 97.9 cm³/mol. The number of rotatable bonds is 2. The summed E-state index contributed by atoms with van der Waals surface area (Å²) in [6.07, 6.45) is -1.90. The second-order valence-corrected chi connectivity index (χ2v) is 8.86. The largest absolute Gasteiger partial charge is 0.417 e. The SMILES string of the molecule is O=C(c1ccc(Br)s1)N1CCCC(c2nnc3ccc(C(F)(F)F)cn23)C1. The van der Waals surface area contributed by atoms with E-state index in [1.165, 1.54) is 21.8 Å². The Bertz CT molecular complexity index is 1000. The Kier molecular flexibility index (Phi) is 4.71. The first kappa shape index (κ1) is 18.4. The van der Waals surface area contributed by atoms with Crippen LogP contribution in [0.4, 0.5) is 13.2 Å². The number of thiophene rings is 1. The van der Waals surface area contributed by atoms with Gasteiger partial charge in [0, 0.05) is 25.2 Å². The second kappa shape index (κ2) is 6.90. The van der Waals surface area contributed by atoms with Crippen LogP contribution in [0.2, 0.25) is 0 Å². The zero-order chi connectivity index (χ0) is 19.2. The average molecular weight is 459 g/mol. The summed E-state index contributed by atoms with van der Waals surface area (Å²) < 4.78 is 41.4. The lowest BCUT2D eigenvalue weighted by Gasteiger charge is -2.31. The van der Waals surface area contributed by atoms with Gasteiger partial charge in [-0.1, -0.05) is 0 Å². The Morgan fingerprint density at radius 3 is 2.74 bits per heavy atom. The zero-order valence-corrected chi connectivity index (χ0v) is 16.3. The van der Waals surface area contributed by atoms with Crippen molar-refractivity contribution < 1.29 is 18.0 Å². The number of hydrogen-bond acceptors (Lipinski definition) is 4. The lowest BCUT2D eigenvalue weighted by atomic mass is 9.97. The highest BCUT2D eigenvalue weighted by Crippen LogP contribution is 2.32. The summed E-state index contributed by atoms with van der Waals surface area (Å²) in [6, 6.07) is 5.90. The molecule has 1 fully saturated rings. The highest BCUT2D eigenvalue weighted by Gasteiger charge is 2.33. The minimum atomic E-state index is -4.43. The van der Waals surface area contributed by atoms with Gasteiger partial charge in [0.05, 0.1) is 14.2 Å². The first-order valence-electron chi connectivity index (χ1n) is 8.29. The predicted octanol–water partition coefficient (Wildman–Crippen LogP) is 4.59. The normalized spacial score (nSPS) is 18.2. The van der Waals surface area contributed by atoms with Gasteiger partial charge in [-0.05, 0) is 53.0 Å². The quantitative estimate of drug-likeness (QED) is 0.564. The molecule has 1 saturated heterocycles. The van der Waals surface area contributed by atoms with E-state index in [0.717, 1.165) is 28.9 Å². The van der Waals surface area contributed by atoms with Crippen LogP contribution in [-0.4, -0.2) is 38.5 Å². The number of aromatic nitrogens is 3. The molecule has 1 aliphatic heterocycles. The topological polar surface area (TPSA) is 50.5 Å². The molecular weight excluding hydrogens is 445 g/mol. The Labute approximate surface area is 164 Å². The van der Waals surface area contributed by atoms with E-state index in [1.54, 1.807) is 11.0 Å². The molecule has 0 radical (unpaired) electrons. The van der Waals surface area contributed by atoms with Crippen molar-refractivity contribution in [3.05, 3.63) is 50.5 Å². The molecule has 142 valence electrons. The maximum atomic E-state index is 13.0. The first-order valence-corrected chi connectivity index (χ1v) is 9.90. The standard InChI is InChI=1S/C17H14BrF3N4OS/c18-13-5-4-12(27-13)16(26)24-7-1-2-10(8-24)15-23-22-14-6-3-11(9-25(14)15)17(19,20)21/h3-6,9-10H,1-2,7-8H2. The van der Waals surface area contributed by atoms with Gasteiger partial charge in [-0.25, -0.2) is 0 Å². The molecule has 27 heavy (non-hydrogen) atoms. The molecule has 1 atom stereocenters. The van der Waals surface area contributed by atoms with E-state index >= 15 is 0 Å². The van der Waals surface area contributed by atoms with E-state index in [0.29, 0.717) is 29.4 Å². The van der Waals surface area contributed by atoms with Crippen LogP contribution in [0, 0.1) is 0 Å². The van der Waals surface area contributed by atoms with Crippen molar-refractivity contribution in [2.24, 2.45) is 0 Å². The van der Waals surface area contributed by atoms with E-state index in [9.17, 15) is 18.0 Å². The van der Waals surface area contributed by atoms with Gasteiger partial charge in [0.15, 0.2) is 5.65 Å². The number of hydrogen-bond donors (Lipinski definition) is 0. The molecule has 0 N–H and O–H groups in total. The smallest absolute Gasteiger partial charge is 0.337 e. The number of piperidine rings is 1. The Hall–Kier alpha value is -1.94. The van der Waals surface area contributed by atoms with Crippen LogP contribution >= 0.6 is 27.3 Å². The number of fused-ring (bicyclic) bond motifs is 1. The number of halogens is 4. The molecule has 10 heteroatoms. The van der Waals surface area contributed by atoms with E-state index in [4.69, 9.17) is 0 Å². The van der Waals surface area contributed by atoms with Crippen molar-refractivity contribution >= 4 is 38.8 Å². The molecule has 0 saturated carbocycles. The molecule has 5 nitrogen and oxygen atoms in total. The Balaban J connectivity index is 1.62. The molecule has 4 heterocycles. The molecule has 4 rings (SSSR count). The summed E-state index contributed by atoms with van der Waals surface area (Å²) in [5.41, 5.74) is -0.383. The summed E-state index contributed by atoms with van der Waals surface area (Å²) in [7, 11) is 0. The van der Waals surface area contributed by atoms with Crippen LogP contribution in [-0.2, 0) is 6.18 Å². The lowest BCUT2D eigenvalue weighted by Crippen LogP contribution is -2.39. The minimum Gasteiger partial charge on any atom is -0.337 e. The first-order chi connectivity index (χ1) is 12.8. The number of carbonyl (C=O) groups is 1. The van der Waals surface area contributed by atoms with Crippen molar-refractivity contribution in [2.45, 2.75) is 24.9 Å². The third-order valence-corrected chi connectivity index (χ3v) is 6.23. The average Bonchev–Trinajstić information content (AvgIpc) is 3.26. The molecule has 3 aromatic rings. The van der Waals surface area contributed by atoms with E-state index in [2.05, 4.69) is 26.1 Å². The zero-order valence-electron chi connectivity index (χ0n) is 13.9. The number of alkyl halides is 3. The fourth-order valence-corrected chi connectivity index (χ4v) is 4.67. The Morgan fingerprint density at radius 2 is 2.04 bits per heavy atom. The fraction of sp³-hybridized carbons (Fsp3) is 0.353. The number of carbonyl (C=O) groups excluding carboxylic acids is 1. The van der Waals surface area contributed by atoms with E-state index < -0.39 is 11.7 Å². The minimum absolute atomic E-state index is 0.0693. The van der Waals surface area contributed by atoms with Crippen LogP contribution in [0.5, 0.6) is 0 Å². The van der Waals surface area contributed by atoms with Crippen LogP contribution in [0.1, 0.15) is 39.8 Å². The van der Waals surface area contributed by atoms with Gasteiger partial charge in [0.2, 0.25) is 0 Å². The van der Waals surface area contributed by atoms with Crippen LogP contribution in [0.3, 0.4) is 0 Å². The van der Waals surface area contributed by atoms with Gasteiger partial charge in [-0.2, -0.15) is 13.2 Å². The number of nitrogens with zero attached hydrogens (tertiary/aromatic N) is 4. The van der Waals surface area contributed by atoms with Crippen LogP contribution in [0.15, 0.2) is 34.2 Å². The second-order valence-electron chi connectivity index (χ2n) is 6.40. The number of likely N-dealkylation sites (tertiary alicyclic amines) is 1. The molecule has 1 aliphatic rings. The summed E-state index contributed by atoms with van der Waals surface area (Å²) in [5, 5.41) is 8.10. The van der Waals surface area contributed by atoms with Gasteiger partial charge >= 0.3 is 6.18 Å². The number of amides is 1. The molecular formula is C17H14BrF3N4OS. The lowest BCUT2D eigenvalue weighted by molar-refractivity contribution is -0.137. The van der Waals surface area contributed by atoms with Gasteiger partial charge in [-0.3, -0.25) is 9.20 Å². The molecule has 0 spiro atoms. The maximum Gasteiger partial charge on any atom is 0.417 e. The molecule has 1 amide bonds. The fourth-order valence-electron chi connectivity index (χ4n) is 3.31. The van der Waals surface area contributed by atoms with Crippen molar-refractivity contribution in [1.29, 1.82) is 0 Å². The molecule has 0 aromatic carbocycles. The third-order valence-electron chi connectivity index (χ3n) is 4.61. The van der Waals surface area contributed by atoms with Gasteiger partial charge in [-0.15, -0.1) is 21.5 Å². The van der Waals surface area contributed by atoms with Crippen molar-refractivity contribution in [3.8, 4) is 0 Å². The van der Waals surface area contributed by atoms with Crippen molar-refractivity contribution in [2.75, 3.05) is 13.1 Å². The third kappa shape index (κ3) is 3.60. The molecule has 3 aromatic heterocycles. The maximum absolute atomic E-state index is 13.0. The summed E-state index contributed by atoms with van der Waals surface area (Å²) >= 11 is 4.71.